The first-order valence-electron chi connectivity index (χ1n) is 6.66. The maximum atomic E-state index is 4.46. The molecule has 20 heavy (non-hydrogen) atoms. The van der Waals surface area contributed by atoms with E-state index in [9.17, 15) is 0 Å². The number of hydrogen-bond acceptors (Lipinski definition) is 2. The molecule has 2 N–H and O–H groups in total. The molecular weight excluding hydrogens is 363 g/mol. The molecule has 1 aliphatic rings. The van der Waals surface area contributed by atoms with E-state index in [1.807, 2.05) is 12.3 Å². The predicted octanol–water partition coefficient (Wildman–Crippen LogP) is 2.68. The van der Waals surface area contributed by atoms with Crippen LogP contribution >= 0.6 is 24.0 Å². The van der Waals surface area contributed by atoms with E-state index >= 15 is 0 Å². The van der Waals surface area contributed by atoms with Crippen LogP contribution in [0.3, 0.4) is 0 Å². The number of hydrogen-bond donors (Lipinski definition) is 2. The SMILES string of the molecule is CN=C(NCc1cccc2cccnc12)NC1CC1.I. The van der Waals surface area contributed by atoms with Crippen LogP contribution in [0.1, 0.15) is 18.4 Å². The van der Waals surface area contributed by atoms with Gasteiger partial charge < -0.3 is 10.6 Å². The van der Waals surface area contributed by atoms with E-state index in [1.54, 1.807) is 7.05 Å². The quantitative estimate of drug-likeness (QED) is 0.488. The summed E-state index contributed by atoms with van der Waals surface area (Å²) in [6.45, 7) is 0.737. The van der Waals surface area contributed by atoms with Gasteiger partial charge in [0.2, 0.25) is 0 Å². The molecule has 2 aromatic rings. The highest BCUT2D eigenvalue weighted by Gasteiger charge is 2.22. The molecule has 0 spiro atoms. The molecular formula is C15H19IN4. The summed E-state index contributed by atoms with van der Waals surface area (Å²) in [5, 5.41) is 7.90. The molecule has 3 rings (SSSR count). The normalized spacial score (nSPS) is 14.8. The number of guanidine groups is 1. The molecule has 106 valence electrons. The van der Waals surface area contributed by atoms with Crippen molar-refractivity contribution in [3.8, 4) is 0 Å². The van der Waals surface area contributed by atoms with E-state index in [4.69, 9.17) is 0 Å². The van der Waals surface area contributed by atoms with Crippen LogP contribution in [0.5, 0.6) is 0 Å². The van der Waals surface area contributed by atoms with Crippen molar-refractivity contribution < 1.29 is 0 Å². The van der Waals surface area contributed by atoms with Crippen molar-refractivity contribution >= 4 is 40.8 Å². The maximum absolute atomic E-state index is 4.46. The Balaban J connectivity index is 0.00000147. The number of aromatic nitrogens is 1. The number of fused-ring (bicyclic) bond motifs is 1. The first kappa shape index (κ1) is 15.0. The third-order valence-corrected chi connectivity index (χ3v) is 3.30. The number of aliphatic imine (C=N–C) groups is 1. The van der Waals surface area contributed by atoms with E-state index in [0.717, 1.165) is 18.0 Å². The lowest BCUT2D eigenvalue weighted by Gasteiger charge is -2.12. The molecule has 1 fully saturated rings. The molecule has 0 radical (unpaired) electrons. The Kier molecular flexibility index (Phi) is 5.17. The van der Waals surface area contributed by atoms with Gasteiger partial charge in [-0.25, -0.2) is 0 Å². The van der Waals surface area contributed by atoms with Crippen molar-refractivity contribution in [3.63, 3.8) is 0 Å². The Morgan fingerprint density at radius 2 is 2.10 bits per heavy atom. The summed E-state index contributed by atoms with van der Waals surface area (Å²) in [5.74, 6) is 0.871. The van der Waals surface area contributed by atoms with E-state index in [2.05, 4.69) is 44.9 Å². The monoisotopic (exact) mass is 382 g/mol. The van der Waals surface area contributed by atoms with Crippen LogP contribution < -0.4 is 10.6 Å². The van der Waals surface area contributed by atoms with Gasteiger partial charge in [0.1, 0.15) is 0 Å². The highest BCUT2D eigenvalue weighted by molar-refractivity contribution is 14.0. The van der Waals surface area contributed by atoms with E-state index < -0.39 is 0 Å². The summed E-state index contributed by atoms with van der Waals surface area (Å²) in [7, 11) is 1.80. The van der Waals surface area contributed by atoms with Crippen molar-refractivity contribution in [2.24, 2.45) is 4.99 Å². The predicted molar refractivity (Wildman–Crippen MR) is 93.5 cm³/mol. The summed E-state index contributed by atoms with van der Waals surface area (Å²) >= 11 is 0. The molecule has 0 atom stereocenters. The molecule has 0 saturated heterocycles. The van der Waals surface area contributed by atoms with Gasteiger partial charge in [0, 0.05) is 31.2 Å². The molecule has 1 aromatic heterocycles. The van der Waals surface area contributed by atoms with Gasteiger partial charge in [-0.2, -0.15) is 0 Å². The van der Waals surface area contributed by atoms with Crippen molar-refractivity contribution in [2.45, 2.75) is 25.4 Å². The van der Waals surface area contributed by atoms with Crippen LogP contribution in [-0.4, -0.2) is 24.0 Å². The van der Waals surface area contributed by atoms with Crippen LogP contribution in [0.25, 0.3) is 10.9 Å². The van der Waals surface area contributed by atoms with E-state index in [-0.39, 0.29) is 24.0 Å². The van der Waals surface area contributed by atoms with Crippen LogP contribution in [0, 0.1) is 0 Å². The fourth-order valence-corrected chi connectivity index (χ4v) is 2.10. The van der Waals surface area contributed by atoms with Gasteiger partial charge in [0.15, 0.2) is 5.96 Å². The zero-order valence-electron chi connectivity index (χ0n) is 11.5. The Labute approximate surface area is 136 Å². The Bertz CT molecular complexity index is 602. The third kappa shape index (κ3) is 3.59. The average molecular weight is 382 g/mol. The number of nitrogens with zero attached hydrogens (tertiary/aromatic N) is 2. The molecule has 1 aliphatic carbocycles. The second-order valence-corrected chi connectivity index (χ2v) is 4.84. The minimum Gasteiger partial charge on any atom is -0.354 e. The largest absolute Gasteiger partial charge is 0.354 e. The number of nitrogens with one attached hydrogen (secondary N) is 2. The second-order valence-electron chi connectivity index (χ2n) is 4.84. The minimum absolute atomic E-state index is 0. The molecule has 0 aliphatic heterocycles. The summed E-state index contributed by atoms with van der Waals surface area (Å²) in [5.41, 5.74) is 2.25. The summed E-state index contributed by atoms with van der Waals surface area (Å²) in [6.07, 6.45) is 4.33. The molecule has 1 saturated carbocycles. The van der Waals surface area contributed by atoms with Gasteiger partial charge in [-0.05, 0) is 24.5 Å². The molecule has 0 unspecified atom stereocenters. The number of benzene rings is 1. The van der Waals surface area contributed by atoms with Gasteiger partial charge in [-0.3, -0.25) is 9.98 Å². The Hall–Kier alpha value is -1.37. The van der Waals surface area contributed by atoms with Gasteiger partial charge in [0.05, 0.1) is 5.52 Å². The van der Waals surface area contributed by atoms with E-state index in [0.29, 0.717) is 6.04 Å². The van der Waals surface area contributed by atoms with Crippen molar-refractivity contribution in [3.05, 3.63) is 42.1 Å². The molecule has 0 amide bonds. The Morgan fingerprint density at radius 3 is 2.85 bits per heavy atom. The fraction of sp³-hybridized carbons (Fsp3) is 0.333. The number of para-hydroxylation sites is 1. The first-order chi connectivity index (χ1) is 9.36. The van der Waals surface area contributed by atoms with Crippen LogP contribution in [-0.2, 0) is 6.54 Å². The lowest BCUT2D eigenvalue weighted by Crippen LogP contribution is -2.38. The van der Waals surface area contributed by atoms with Crippen LogP contribution in [0.2, 0.25) is 0 Å². The first-order valence-corrected chi connectivity index (χ1v) is 6.66. The topological polar surface area (TPSA) is 49.3 Å². The van der Waals surface area contributed by atoms with Crippen molar-refractivity contribution in [1.82, 2.24) is 15.6 Å². The molecule has 0 bridgehead atoms. The van der Waals surface area contributed by atoms with Crippen LogP contribution in [0.4, 0.5) is 0 Å². The molecule has 4 nitrogen and oxygen atoms in total. The fourth-order valence-electron chi connectivity index (χ4n) is 2.10. The summed E-state index contributed by atoms with van der Waals surface area (Å²) < 4.78 is 0. The highest BCUT2D eigenvalue weighted by Crippen LogP contribution is 2.18. The third-order valence-electron chi connectivity index (χ3n) is 3.30. The summed E-state index contributed by atoms with van der Waals surface area (Å²) in [4.78, 5) is 8.70. The number of pyridine rings is 1. The van der Waals surface area contributed by atoms with Crippen molar-refractivity contribution in [1.29, 1.82) is 0 Å². The number of halogens is 1. The van der Waals surface area contributed by atoms with Crippen molar-refractivity contribution in [2.75, 3.05) is 7.05 Å². The minimum atomic E-state index is 0. The lowest BCUT2D eigenvalue weighted by atomic mass is 10.1. The van der Waals surface area contributed by atoms with Gasteiger partial charge in [-0.15, -0.1) is 24.0 Å². The second kappa shape index (κ2) is 6.88. The van der Waals surface area contributed by atoms with Gasteiger partial charge >= 0.3 is 0 Å². The smallest absolute Gasteiger partial charge is 0.191 e. The standard InChI is InChI=1S/C15H18N4.HI/c1-16-15(19-13-7-8-13)18-10-12-5-2-4-11-6-3-9-17-14(11)12;/h2-6,9,13H,7-8,10H2,1H3,(H2,16,18,19);1H. The molecule has 1 aromatic carbocycles. The molecule has 5 heteroatoms. The molecule has 1 heterocycles. The van der Waals surface area contributed by atoms with Gasteiger partial charge in [-0.1, -0.05) is 24.3 Å². The van der Waals surface area contributed by atoms with Gasteiger partial charge in [0.25, 0.3) is 0 Å². The summed E-state index contributed by atoms with van der Waals surface area (Å²) in [6, 6.07) is 10.9. The lowest BCUT2D eigenvalue weighted by molar-refractivity contribution is 0.807. The highest BCUT2D eigenvalue weighted by atomic mass is 127. The zero-order valence-corrected chi connectivity index (χ0v) is 13.8. The van der Waals surface area contributed by atoms with E-state index in [1.165, 1.54) is 23.8 Å². The maximum Gasteiger partial charge on any atom is 0.191 e. The Morgan fingerprint density at radius 1 is 1.30 bits per heavy atom. The zero-order chi connectivity index (χ0) is 13.1. The average Bonchev–Trinajstić information content (AvgIpc) is 3.27. The van der Waals surface area contributed by atoms with Crippen LogP contribution in [0.15, 0.2) is 41.5 Å². The number of rotatable bonds is 3.